The van der Waals surface area contributed by atoms with E-state index in [0.717, 1.165) is 0 Å². The highest BCUT2D eigenvalue weighted by molar-refractivity contribution is 7.80. The molecule has 1 aliphatic heterocycles. The highest BCUT2D eigenvalue weighted by atomic mass is 35.5. The van der Waals surface area contributed by atoms with Crippen LogP contribution >= 0.6 is 47.0 Å². The Morgan fingerprint density at radius 2 is 1.91 bits per heavy atom. The van der Waals surface area contributed by atoms with Gasteiger partial charge in [-0.05, 0) is 48.1 Å². The average molecular weight is 512 g/mol. The lowest BCUT2D eigenvalue weighted by Gasteiger charge is -2.27. The number of hydrogen-bond acceptors (Lipinski definition) is 5. The van der Waals surface area contributed by atoms with Crippen LogP contribution in [0.3, 0.4) is 0 Å². The predicted octanol–water partition coefficient (Wildman–Crippen LogP) is 5.05. The number of rotatable bonds is 7. The van der Waals surface area contributed by atoms with E-state index in [1.54, 1.807) is 30.3 Å². The van der Waals surface area contributed by atoms with Crippen molar-refractivity contribution in [3.8, 4) is 11.5 Å². The molecule has 0 saturated carbocycles. The van der Waals surface area contributed by atoms with Gasteiger partial charge >= 0.3 is 0 Å². The second-order valence-electron chi connectivity index (χ2n) is 6.58. The third-order valence-electron chi connectivity index (χ3n) is 4.45. The second kappa shape index (κ2) is 10.4. The van der Waals surface area contributed by atoms with Crippen molar-refractivity contribution in [3.05, 3.63) is 74.8 Å². The molecule has 0 bridgehead atoms. The molecule has 2 aromatic rings. The number of carbonyl (C=O) groups is 2. The third kappa shape index (κ3) is 5.24. The fourth-order valence-corrected chi connectivity index (χ4v) is 3.89. The Labute approximate surface area is 205 Å². The number of benzene rings is 2. The van der Waals surface area contributed by atoms with Crippen LogP contribution in [0.15, 0.2) is 48.6 Å². The molecule has 1 fully saturated rings. The molecule has 1 aliphatic rings. The highest BCUT2D eigenvalue weighted by Crippen LogP contribution is 2.38. The van der Waals surface area contributed by atoms with Crippen LogP contribution in [0.1, 0.15) is 11.1 Å². The van der Waals surface area contributed by atoms with Crippen molar-refractivity contribution < 1.29 is 19.1 Å². The van der Waals surface area contributed by atoms with Gasteiger partial charge in [-0.2, -0.15) is 0 Å². The maximum atomic E-state index is 12.7. The van der Waals surface area contributed by atoms with Gasteiger partial charge in [-0.1, -0.05) is 46.9 Å². The Hall–Kier alpha value is -2.58. The van der Waals surface area contributed by atoms with Crippen LogP contribution in [0.25, 0.3) is 6.08 Å². The van der Waals surface area contributed by atoms with Crippen LogP contribution in [-0.2, 0) is 16.2 Å². The van der Waals surface area contributed by atoms with Crippen molar-refractivity contribution in [2.45, 2.75) is 6.61 Å². The number of amides is 2. The fourth-order valence-electron chi connectivity index (χ4n) is 2.91. The first-order valence-electron chi connectivity index (χ1n) is 9.19. The Balaban J connectivity index is 1.90. The zero-order valence-electron chi connectivity index (χ0n) is 16.8. The van der Waals surface area contributed by atoms with Crippen LogP contribution in [0.4, 0.5) is 0 Å². The quantitative estimate of drug-likeness (QED) is 0.244. The number of nitrogens with zero attached hydrogens (tertiary/aromatic N) is 1. The topological polar surface area (TPSA) is 67.9 Å². The van der Waals surface area contributed by atoms with Crippen molar-refractivity contribution in [2.75, 3.05) is 13.7 Å². The van der Waals surface area contributed by atoms with E-state index in [0.29, 0.717) is 26.9 Å². The summed E-state index contributed by atoms with van der Waals surface area (Å²) in [5.41, 5.74) is 1.08. The Morgan fingerprint density at radius 3 is 2.56 bits per heavy atom. The van der Waals surface area contributed by atoms with Gasteiger partial charge in [0.15, 0.2) is 16.6 Å². The summed E-state index contributed by atoms with van der Waals surface area (Å²) in [7, 11) is 1.45. The molecule has 1 N–H and O–H groups in total. The summed E-state index contributed by atoms with van der Waals surface area (Å²) in [4.78, 5) is 26.3. The molecule has 0 aliphatic carbocycles. The molecule has 166 valence electrons. The first-order valence-corrected chi connectivity index (χ1v) is 10.7. The van der Waals surface area contributed by atoms with Gasteiger partial charge in [-0.25, -0.2) is 0 Å². The van der Waals surface area contributed by atoms with Crippen molar-refractivity contribution in [2.24, 2.45) is 0 Å². The van der Waals surface area contributed by atoms with E-state index in [2.05, 4.69) is 11.9 Å². The molecular formula is C22H17Cl3N2O4S. The molecule has 6 nitrogen and oxygen atoms in total. The Bertz CT molecular complexity index is 1150. The minimum Gasteiger partial charge on any atom is -0.493 e. The summed E-state index contributed by atoms with van der Waals surface area (Å²) in [6.45, 7) is 3.89. The zero-order valence-corrected chi connectivity index (χ0v) is 19.9. The first kappa shape index (κ1) is 24.1. The molecule has 0 radical (unpaired) electrons. The molecule has 1 heterocycles. The molecule has 0 spiro atoms. The van der Waals surface area contributed by atoms with E-state index in [1.165, 1.54) is 24.2 Å². The summed E-state index contributed by atoms with van der Waals surface area (Å²) < 4.78 is 11.2. The molecule has 0 atom stereocenters. The van der Waals surface area contributed by atoms with Gasteiger partial charge in [0.05, 0.1) is 12.1 Å². The van der Waals surface area contributed by atoms with Crippen molar-refractivity contribution in [1.82, 2.24) is 10.2 Å². The van der Waals surface area contributed by atoms with Gasteiger partial charge in [-0.3, -0.25) is 19.8 Å². The van der Waals surface area contributed by atoms with Gasteiger partial charge in [0.1, 0.15) is 12.2 Å². The van der Waals surface area contributed by atoms with E-state index in [9.17, 15) is 9.59 Å². The number of hydrogen-bond donors (Lipinski definition) is 1. The fraction of sp³-hybridized carbons (Fsp3) is 0.136. The molecule has 2 amide bonds. The van der Waals surface area contributed by atoms with Crippen LogP contribution in [0, 0.1) is 0 Å². The zero-order chi connectivity index (χ0) is 23.4. The Morgan fingerprint density at radius 1 is 1.16 bits per heavy atom. The number of halogens is 3. The van der Waals surface area contributed by atoms with Gasteiger partial charge in [0, 0.05) is 22.2 Å². The molecule has 1 saturated heterocycles. The summed E-state index contributed by atoms with van der Waals surface area (Å²) in [5.74, 6) is -0.535. The van der Waals surface area contributed by atoms with Crippen molar-refractivity contribution >= 4 is 70.0 Å². The van der Waals surface area contributed by atoms with E-state index in [-0.39, 0.29) is 34.6 Å². The van der Waals surface area contributed by atoms with Crippen LogP contribution < -0.4 is 14.8 Å². The van der Waals surface area contributed by atoms with Gasteiger partial charge < -0.3 is 9.47 Å². The predicted molar refractivity (Wildman–Crippen MR) is 129 cm³/mol. The minimum absolute atomic E-state index is 0.0253. The normalized spacial score (nSPS) is 15.1. The van der Waals surface area contributed by atoms with E-state index < -0.39 is 11.8 Å². The molecule has 3 rings (SSSR count). The van der Waals surface area contributed by atoms with Gasteiger partial charge in [0.25, 0.3) is 11.8 Å². The number of ether oxygens (including phenoxy) is 2. The lowest BCUT2D eigenvalue weighted by atomic mass is 10.1. The monoisotopic (exact) mass is 510 g/mol. The van der Waals surface area contributed by atoms with Gasteiger partial charge in [-0.15, -0.1) is 6.58 Å². The van der Waals surface area contributed by atoms with Gasteiger partial charge in [0.2, 0.25) is 0 Å². The smallest absolute Gasteiger partial charge is 0.265 e. The lowest BCUT2D eigenvalue weighted by Crippen LogP contribution is -2.53. The number of carbonyl (C=O) groups excluding carboxylic acids is 2. The largest absolute Gasteiger partial charge is 0.493 e. The van der Waals surface area contributed by atoms with Crippen LogP contribution in [-0.4, -0.2) is 35.5 Å². The summed E-state index contributed by atoms with van der Waals surface area (Å²) >= 11 is 23.6. The molecule has 0 unspecified atom stereocenters. The third-order valence-corrected chi connectivity index (χ3v) is 5.64. The molecule has 0 aromatic heterocycles. The van der Waals surface area contributed by atoms with Crippen LogP contribution in [0.5, 0.6) is 11.5 Å². The number of methoxy groups -OCH3 is 1. The lowest BCUT2D eigenvalue weighted by molar-refractivity contribution is -0.128. The number of nitrogens with one attached hydrogen (secondary N) is 1. The average Bonchev–Trinajstić information content (AvgIpc) is 2.74. The molecular weight excluding hydrogens is 495 g/mol. The van der Waals surface area contributed by atoms with E-state index in [4.69, 9.17) is 56.5 Å². The van der Waals surface area contributed by atoms with Crippen molar-refractivity contribution in [3.63, 3.8) is 0 Å². The standard InChI is InChI=1S/C22H17Cl3N2O4S/c1-3-6-27-21(29)15(20(28)26-22(27)32)7-12-8-17(25)19(18(9-12)30-2)31-11-13-4-5-14(23)10-16(13)24/h3-5,7-10H,1,6,11H2,2H3,(H,26,28,32)/b15-7+. The maximum Gasteiger partial charge on any atom is 0.265 e. The minimum atomic E-state index is -0.604. The highest BCUT2D eigenvalue weighted by Gasteiger charge is 2.32. The first-order chi connectivity index (χ1) is 15.2. The number of thiocarbonyl (C=S) groups is 1. The molecule has 2 aromatic carbocycles. The second-order valence-corrected chi connectivity index (χ2v) is 8.22. The summed E-state index contributed by atoms with van der Waals surface area (Å²) in [6.07, 6.45) is 2.92. The SMILES string of the molecule is C=CCN1C(=O)/C(=C/c2cc(Cl)c(OCc3ccc(Cl)cc3Cl)c(OC)c2)C(=O)NC1=S. The molecule has 10 heteroatoms. The Kier molecular flexibility index (Phi) is 7.79. The maximum absolute atomic E-state index is 12.7. The molecule has 32 heavy (non-hydrogen) atoms. The van der Waals surface area contributed by atoms with E-state index in [1.807, 2.05) is 0 Å². The van der Waals surface area contributed by atoms with E-state index >= 15 is 0 Å². The summed E-state index contributed by atoms with van der Waals surface area (Å²) in [6, 6.07) is 8.22. The van der Waals surface area contributed by atoms with Crippen molar-refractivity contribution in [1.29, 1.82) is 0 Å². The van der Waals surface area contributed by atoms with Crippen LogP contribution in [0.2, 0.25) is 15.1 Å². The summed E-state index contributed by atoms with van der Waals surface area (Å²) in [5, 5.41) is 3.71.